The highest BCUT2D eigenvalue weighted by molar-refractivity contribution is 7.55. The summed E-state index contributed by atoms with van der Waals surface area (Å²) in [7, 11) is -13.8. The summed E-state index contributed by atoms with van der Waals surface area (Å²) in [5.74, 6) is 0. The van der Waals surface area contributed by atoms with Crippen molar-refractivity contribution in [2.24, 2.45) is 5.41 Å². The Morgan fingerprint density at radius 2 is 1.14 bits per heavy atom. The van der Waals surface area contributed by atoms with Crippen molar-refractivity contribution in [2.75, 3.05) is 58.1 Å². The molecule has 0 atom stereocenters. The molecule has 0 aromatic rings. The molecule has 0 saturated heterocycles. The molecule has 0 rings (SSSR count). The van der Waals surface area contributed by atoms with E-state index in [0.717, 1.165) is 0 Å². The number of nitrogens with one attached hydrogen (secondary N) is 1. The van der Waals surface area contributed by atoms with E-state index in [1.165, 1.54) is 13.8 Å². The van der Waals surface area contributed by atoms with E-state index in [2.05, 4.69) is 5.32 Å². The molecule has 0 aromatic carbocycles. The number of rotatable bonds is 16. The molecule has 0 fully saturated rings. The molecule has 0 aliphatic rings. The Balaban J connectivity index is 6.27. The summed E-state index contributed by atoms with van der Waals surface area (Å²) in [6.07, 6.45) is -2.95. The molecule has 0 unspecified atom stereocenters. The SMILES string of the molecule is CCOP(=O)(CC(CNC(CO)(CO)CO)(CP(=O)(O)O)CP(=O)(O)O)OCC. The van der Waals surface area contributed by atoms with E-state index in [0.29, 0.717) is 0 Å². The molecule has 16 heteroatoms. The van der Waals surface area contributed by atoms with Gasteiger partial charge in [0.05, 0.1) is 57.1 Å². The lowest BCUT2D eigenvalue weighted by Gasteiger charge is -2.39. The highest BCUT2D eigenvalue weighted by Gasteiger charge is 2.48. The Labute approximate surface area is 169 Å². The Kier molecular flexibility index (Phi) is 11.9. The molecular weight excluding hydrogens is 455 g/mol. The van der Waals surface area contributed by atoms with Crippen molar-refractivity contribution in [2.45, 2.75) is 19.4 Å². The largest absolute Gasteiger partial charge is 0.394 e. The van der Waals surface area contributed by atoms with Crippen LogP contribution in [0.3, 0.4) is 0 Å². The van der Waals surface area contributed by atoms with Crippen molar-refractivity contribution in [1.29, 1.82) is 0 Å². The fraction of sp³-hybridized carbons (Fsp3) is 1.00. The number of aliphatic hydroxyl groups excluding tert-OH is 3. The summed E-state index contributed by atoms with van der Waals surface area (Å²) in [4.78, 5) is 38.1. The molecule has 29 heavy (non-hydrogen) atoms. The fourth-order valence-electron chi connectivity index (χ4n) is 2.82. The van der Waals surface area contributed by atoms with E-state index < -0.39 is 78.6 Å². The van der Waals surface area contributed by atoms with Gasteiger partial charge in [0.1, 0.15) is 0 Å². The van der Waals surface area contributed by atoms with Crippen LogP contribution in [0.25, 0.3) is 0 Å². The van der Waals surface area contributed by atoms with Gasteiger partial charge in [-0.1, -0.05) is 0 Å². The predicted octanol–water partition coefficient (Wildman–Crippen LogP) is -1.10. The van der Waals surface area contributed by atoms with E-state index >= 15 is 0 Å². The van der Waals surface area contributed by atoms with Crippen LogP contribution >= 0.6 is 22.8 Å². The molecule has 0 spiro atoms. The fourth-order valence-corrected chi connectivity index (χ4v) is 7.97. The first-order valence-electron chi connectivity index (χ1n) is 8.68. The number of aliphatic hydroxyl groups is 3. The lowest BCUT2D eigenvalue weighted by atomic mass is 9.93. The normalized spacial score (nSPS) is 14.4. The van der Waals surface area contributed by atoms with Crippen molar-refractivity contribution in [3.63, 3.8) is 0 Å². The summed E-state index contributed by atoms with van der Waals surface area (Å²) in [6, 6.07) is 0. The third kappa shape index (κ3) is 10.9. The lowest BCUT2D eigenvalue weighted by Crippen LogP contribution is -2.59. The van der Waals surface area contributed by atoms with E-state index in [4.69, 9.17) is 9.05 Å². The van der Waals surface area contributed by atoms with Crippen molar-refractivity contribution < 1.29 is 57.6 Å². The molecule has 0 aliphatic heterocycles. The maximum Gasteiger partial charge on any atom is 0.331 e. The highest BCUT2D eigenvalue weighted by Crippen LogP contribution is 2.58. The summed E-state index contributed by atoms with van der Waals surface area (Å²) in [5, 5.41) is 30.8. The van der Waals surface area contributed by atoms with Crippen LogP contribution in [0, 0.1) is 5.41 Å². The maximum atomic E-state index is 13.0. The van der Waals surface area contributed by atoms with Crippen molar-refractivity contribution in [3.05, 3.63) is 0 Å². The predicted molar refractivity (Wildman–Crippen MR) is 104 cm³/mol. The first-order valence-corrected chi connectivity index (χ1v) is 14.0. The van der Waals surface area contributed by atoms with E-state index in [9.17, 15) is 48.6 Å². The molecule has 0 radical (unpaired) electrons. The smallest absolute Gasteiger partial charge is 0.331 e. The Bertz CT molecular complexity index is 586. The molecular formula is C13H32NO12P3. The van der Waals surface area contributed by atoms with E-state index in [-0.39, 0.29) is 13.2 Å². The van der Waals surface area contributed by atoms with Gasteiger partial charge in [0.25, 0.3) is 0 Å². The highest BCUT2D eigenvalue weighted by atomic mass is 31.2. The van der Waals surface area contributed by atoms with Crippen LogP contribution in [0.2, 0.25) is 0 Å². The van der Waals surface area contributed by atoms with Crippen molar-refractivity contribution >= 4 is 22.8 Å². The average molecular weight is 487 g/mol. The van der Waals surface area contributed by atoms with E-state index in [1.54, 1.807) is 0 Å². The second-order valence-electron chi connectivity index (χ2n) is 6.86. The molecule has 0 bridgehead atoms. The lowest BCUT2D eigenvalue weighted by molar-refractivity contribution is 0.0366. The topological polar surface area (TPSA) is 223 Å². The number of hydrogen-bond acceptors (Lipinski definition) is 9. The average Bonchev–Trinajstić information content (AvgIpc) is 2.53. The van der Waals surface area contributed by atoms with Crippen LogP contribution in [0.4, 0.5) is 0 Å². The van der Waals surface area contributed by atoms with Crippen molar-refractivity contribution in [3.8, 4) is 0 Å². The third-order valence-electron chi connectivity index (χ3n) is 4.01. The van der Waals surface area contributed by atoms with Gasteiger partial charge in [-0.15, -0.1) is 0 Å². The second-order valence-corrected chi connectivity index (χ2v) is 12.2. The van der Waals surface area contributed by atoms with Gasteiger partial charge in [-0.3, -0.25) is 13.7 Å². The second kappa shape index (κ2) is 11.8. The van der Waals surface area contributed by atoms with Crippen LogP contribution in [0.5, 0.6) is 0 Å². The van der Waals surface area contributed by atoms with E-state index in [1.807, 2.05) is 0 Å². The Morgan fingerprint density at radius 1 is 0.759 bits per heavy atom. The van der Waals surface area contributed by atoms with Gasteiger partial charge in [-0.05, 0) is 13.8 Å². The van der Waals surface area contributed by atoms with Crippen LogP contribution < -0.4 is 5.32 Å². The zero-order chi connectivity index (χ0) is 23.0. The van der Waals surface area contributed by atoms with Gasteiger partial charge in [-0.2, -0.15) is 0 Å². The van der Waals surface area contributed by atoms with Gasteiger partial charge in [0, 0.05) is 12.0 Å². The first-order chi connectivity index (χ1) is 13.1. The molecule has 0 aliphatic carbocycles. The zero-order valence-corrected chi connectivity index (χ0v) is 19.1. The number of hydrogen-bond donors (Lipinski definition) is 8. The van der Waals surface area contributed by atoms with Gasteiger partial charge in [0.2, 0.25) is 0 Å². The third-order valence-corrected chi connectivity index (χ3v) is 8.54. The molecule has 176 valence electrons. The molecule has 0 amide bonds. The molecule has 8 N–H and O–H groups in total. The minimum atomic E-state index is -4.91. The van der Waals surface area contributed by atoms with Crippen molar-refractivity contribution in [1.82, 2.24) is 5.32 Å². The summed E-state index contributed by atoms with van der Waals surface area (Å²) < 4.78 is 46.8. The Hall–Kier alpha value is 0.290. The van der Waals surface area contributed by atoms with Gasteiger partial charge >= 0.3 is 22.8 Å². The summed E-state index contributed by atoms with van der Waals surface area (Å²) >= 11 is 0. The maximum absolute atomic E-state index is 13.0. The standard InChI is InChI=1S/C13H32NO12P3/c1-3-25-29(24,26-4-2)11-12(9-27(18,19)20,10-28(21,22)23)5-14-13(6-15,7-16)8-17/h14-17H,3-11H2,1-2H3,(H2,18,19,20)(H2,21,22,23). The molecule has 0 saturated carbocycles. The minimum absolute atomic E-state index is 0.0968. The summed E-state index contributed by atoms with van der Waals surface area (Å²) in [6.45, 7) is -0.225. The van der Waals surface area contributed by atoms with Gasteiger partial charge < -0.3 is 49.3 Å². The van der Waals surface area contributed by atoms with Crippen LogP contribution in [0.15, 0.2) is 0 Å². The zero-order valence-electron chi connectivity index (χ0n) is 16.4. The monoisotopic (exact) mass is 487 g/mol. The van der Waals surface area contributed by atoms with Gasteiger partial charge in [-0.25, -0.2) is 0 Å². The van der Waals surface area contributed by atoms with Crippen LogP contribution in [-0.4, -0.2) is 98.5 Å². The van der Waals surface area contributed by atoms with Crippen LogP contribution in [-0.2, 0) is 22.7 Å². The quantitative estimate of drug-likeness (QED) is 0.121. The first kappa shape index (κ1) is 29.3. The van der Waals surface area contributed by atoms with Gasteiger partial charge in [0.15, 0.2) is 0 Å². The molecule has 0 heterocycles. The minimum Gasteiger partial charge on any atom is -0.394 e. The molecule has 0 aromatic heterocycles. The summed E-state index contributed by atoms with van der Waals surface area (Å²) in [5.41, 5.74) is -3.74. The Morgan fingerprint density at radius 3 is 1.41 bits per heavy atom. The molecule has 13 nitrogen and oxygen atoms in total. The van der Waals surface area contributed by atoms with Crippen LogP contribution in [0.1, 0.15) is 13.8 Å².